The highest BCUT2D eigenvalue weighted by molar-refractivity contribution is 6.32. The van der Waals surface area contributed by atoms with E-state index in [1.54, 1.807) is 0 Å². The molecule has 3 heteroatoms. The first kappa shape index (κ1) is 11.5. The first-order valence-corrected chi connectivity index (χ1v) is 6.83. The van der Waals surface area contributed by atoms with E-state index < -0.39 is 0 Å². The monoisotopic (exact) mass is 278 g/mol. The Bertz CT molecular complexity index is 910. The topological polar surface area (TPSA) is 17.3 Å². The van der Waals surface area contributed by atoms with Gasteiger partial charge in [0, 0.05) is 5.56 Å². The molecule has 0 saturated heterocycles. The summed E-state index contributed by atoms with van der Waals surface area (Å²) in [5.74, 6) is 0. The number of aromatic nitrogens is 2. The second-order valence-electron chi connectivity index (χ2n) is 4.70. The maximum absolute atomic E-state index is 6.57. The van der Waals surface area contributed by atoms with Gasteiger partial charge < -0.3 is 0 Å². The number of pyridine rings is 1. The van der Waals surface area contributed by atoms with E-state index in [-0.39, 0.29) is 0 Å². The maximum atomic E-state index is 6.57. The van der Waals surface area contributed by atoms with E-state index >= 15 is 0 Å². The molecule has 4 aromatic rings. The highest BCUT2D eigenvalue weighted by atomic mass is 35.5. The van der Waals surface area contributed by atoms with Gasteiger partial charge in [0.15, 0.2) is 0 Å². The van der Waals surface area contributed by atoms with Gasteiger partial charge in [-0.25, -0.2) is 4.98 Å². The van der Waals surface area contributed by atoms with Gasteiger partial charge in [-0.15, -0.1) is 0 Å². The summed E-state index contributed by atoms with van der Waals surface area (Å²) in [4.78, 5) is 4.66. The van der Waals surface area contributed by atoms with Crippen LogP contribution in [0.2, 0.25) is 5.15 Å². The van der Waals surface area contributed by atoms with E-state index in [1.807, 2.05) is 52.9 Å². The minimum absolute atomic E-state index is 0.656. The molecular formula is C17H11ClN2. The fraction of sp³-hybridized carbons (Fsp3) is 0. The molecule has 4 rings (SSSR count). The van der Waals surface area contributed by atoms with Crippen molar-refractivity contribution in [3.05, 3.63) is 71.9 Å². The summed E-state index contributed by atoms with van der Waals surface area (Å²) in [6.07, 6.45) is 0. The average molecular weight is 279 g/mol. The van der Waals surface area contributed by atoms with Crippen LogP contribution < -0.4 is 0 Å². The van der Waals surface area contributed by atoms with E-state index in [1.165, 1.54) is 0 Å². The maximum Gasteiger partial charge on any atom is 0.141 e. The van der Waals surface area contributed by atoms with Crippen molar-refractivity contribution in [2.24, 2.45) is 0 Å². The number of hydrogen-bond acceptors (Lipinski definition) is 1. The van der Waals surface area contributed by atoms with Crippen LogP contribution in [0.1, 0.15) is 0 Å². The molecule has 0 saturated carbocycles. The van der Waals surface area contributed by atoms with E-state index in [4.69, 9.17) is 11.6 Å². The quantitative estimate of drug-likeness (QED) is 0.488. The summed E-state index contributed by atoms with van der Waals surface area (Å²) in [7, 11) is 0. The van der Waals surface area contributed by atoms with Gasteiger partial charge in [-0.05, 0) is 23.6 Å². The van der Waals surface area contributed by atoms with Crippen molar-refractivity contribution in [2.45, 2.75) is 0 Å². The Labute approximate surface area is 121 Å². The summed E-state index contributed by atoms with van der Waals surface area (Å²) >= 11 is 6.57. The summed E-state index contributed by atoms with van der Waals surface area (Å²) in [5, 5.41) is 1.81. The van der Waals surface area contributed by atoms with E-state index in [2.05, 4.69) is 23.2 Å². The molecule has 20 heavy (non-hydrogen) atoms. The molecule has 0 aliphatic heterocycles. The molecule has 0 bridgehead atoms. The number of rotatable bonds is 1. The van der Waals surface area contributed by atoms with Crippen LogP contribution in [0.5, 0.6) is 0 Å². The van der Waals surface area contributed by atoms with Gasteiger partial charge in [0.05, 0.1) is 5.52 Å². The van der Waals surface area contributed by atoms with E-state index in [0.29, 0.717) is 5.15 Å². The third-order valence-corrected chi connectivity index (χ3v) is 3.83. The summed E-state index contributed by atoms with van der Waals surface area (Å²) < 4.78 is 2.00. The molecule has 0 fully saturated rings. The molecule has 0 N–H and O–H groups in total. The van der Waals surface area contributed by atoms with Gasteiger partial charge in [0.1, 0.15) is 16.5 Å². The molecule has 96 valence electrons. The molecule has 0 unspecified atom stereocenters. The smallest absolute Gasteiger partial charge is 0.141 e. The lowest BCUT2D eigenvalue weighted by molar-refractivity contribution is 1.26. The van der Waals surface area contributed by atoms with E-state index in [0.717, 1.165) is 27.8 Å². The molecule has 2 nitrogen and oxygen atoms in total. The van der Waals surface area contributed by atoms with Crippen molar-refractivity contribution in [3.63, 3.8) is 0 Å². The molecule has 2 heterocycles. The fourth-order valence-electron chi connectivity index (χ4n) is 2.53. The second kappa shape index (κ2) is 4.36. The third-order valence-electron chi connectivity index (χ3n) is 3.48. The average Bonchev–Trinajstić information content (AvgIpc) is 2.86. The van der Waals surface area contributed by atoms with Gasteiger partial charge in [-0.1, -0.05) is 60.1 Å². The lowest BCUT2D eigenvalue weighted by atomic mass is 10.2. The van der Waals surface area contributed by atoms with Crippen LogP contribution in [0, 0.1) is 0 Å². The van der Waals surface area contributed by atoms with Crippen LogP contribution in [0.3, 0.4) is 0 Å². The largest absolute Gasteiger partial charge is 0.282 e. The Kier molecular flexibility index (Phi) is 2.51. The van der Waals surface area contributed by atoms with Crippen molar-refractivity contribution < 1.29 is 0 Å². The zero-order valence-corrected chi connectivity index (χ0v) is 11.4. The first-order chi connectivity index (χ1) is 9.84. The number of benzene rings is 2. The number of para-hydroxylation sites is 1. The summed E-state index contributed by atoms with van der Waals surface area (Å²) in [6.45, 7) is 0. The Balaban J connectivity index is 2.11. The Morgan fingerprint density at radius 3 is 2.40 bits per heavy atom. The highest BCUT2D eigenvalue weighted by Gasteiger charge is 2.13. The lowest BCUT2D eigenvalue weighted by Gasteiger charge is -2.02. The molecule has 0 aliphatic carbocycles. The normalized spacial score (nSPS) is 11.2. The molecule has 2 aromatic carbocycles. The van der Waals surface area contributed by atoms with Crippen LogP contribution in [0.15, 0.2) is 66.7 Å². The molecule has 0 spiro atoms. The van der Waals surface area contributed by atoms with Gasteiger partial charge in [0.25, 0.3) is 0 Å². The predicted octanol–water partition coefficient (Wildman–Crippen LogP) is 4.81. The summed E-state index contributed by atoms with van der Waals surface area (Å²) in [6, 6.07) is 22.3. The number of nitrogens with zero attached hydrogens (tertiary/aromatic N) is 2. The Hall–Kier alpha value is -2.32. The summed E-state index contributed by atoms with van der Waals surface area (Å²) in [5.41, 5.74) is 3.80. The van der Waals surface area contributed by atoms with Gasteiger partial charge >= 0.3 is 0 Å². The number of hydrogen-bond donors (Lipinski definition) is 0. The van der Waals surface area contributed by atoms with Crippen LogP contribution in [0.25, 0.3) is 27.8 Å². The van der Waals surface area contributed by atoms with E-state index in [9.17, 15) is 0 Å². The van der Waals surface area contributed by atoms with Gasteiger partial charge in [0.2, 0.25) is 0 Å². The molecular weight excluding hydrogens is 268 g/mol. The number of imidazole rings is 1. The zero-order valence-electron chi connectivity index (χ0n) is 10.6. The van der Waals surface area contributed by atoms with Crippen molar-refractivity contribution in [2.75, 3.05) is 0 Å². The molecule has 0 amide bonds. The number of halogens is 1. The molecule has 0 atom stereocenters. The lowest BCUT2D eigenvalue weighted by Crippen LogP contribution is -1.87. The van der Waals surface area contributed by atoms with Crippen LogP contribution >= 0.6 is 11.6 Å². The standard InChI is InChI=1S/C17H11ClN2/c18-17-16(13-7-2-1-3-8-13)19-15-11-10-12-6-4-5-9-14(12)20(15)17/h1-11H. The van der Waals surface area contributed by atoms with Crippen molar-refractivity contribution in [1.82, 2.24) is 9.38 Å². The van der Waals surface area contributed by atoms with Crippen molar-refractivity contribution >= 4 is 28.2 Å². The SMILES string of the molecule is Clc1c(-c2ccccc2)nc2ccc3ccccc3n12. The van der Waals surface area contributed by atoms with Crippen LogP contribution in [-0.4, -0.2) is 9.38 Å². The highest BCUT2D eigenvalue weighted by Crippen LogP contribution is 2.30. The van der Waals surface area contributed by atoms with Crippen LogP contribution in [0.4, 0.5) is 0 Å². The van der Waals surface area contributed by atoms with Gasteiger partial charge in [-0.3, -0.25) is 4.40 Å². The Morgan fingerprint density at radius 2 is 1.55 bits per heavy atom. The molecule has 0 radical (unpaired) electrons. The first-order valence-electron chi connectivity index (χ1n) is 6.46. The molecule has 2 aromatic heterocycles. The predicted molar refractivity (Wildman–Crippen MR) is 83.1 cm³/mol. The third kappa shape index (κ3) is 1.62. The van der Waals surface area contributed by atoms with Crippen LogP contribution in [-0.2, 0) is 0 Å². The fourth-order valence-corrected chi connectivity index (χ4v) is 2.86. The zero-order chi connectivity index (χ0) is 13.5. The molecule has 0 aliphatic rings. The Morgan fingerprint density at radius 1 is 0.800 bits per heavy atom. The van der Waals surface area contributed by atoms with Crippen molar-refractivity contribution in [1.29, 1.82) is 0 Å². The van der Waals surface area contributed by atoms with Crippen molar-refractivity contribution in [3.8, 4) is 11.3 Å². The minimum atomic E-state index is 0.656. The van der Waals surface area contributed by atoms with Gasteiger partial charge in [-0.2, -0.15) is 0 Å². The second-order valence-corrected chi connectivity index (χ2v) is 5.06. The minimum Gasteiger partial charge on any atom is -0.282 e. The number of fused-ring (bicyclic) bond motifs is 3.